The van der Waals surface area contributed by atoms with Gasteiger partial charge in [0.2, 0.25) is 0 Å². The van der Waals surface area contributed by atoms with Crippen molar-refractivity contribution < 1.29 is 23.5 Å². The standard InChI is InChI=1S/C36H42FNO4/c1-5-7-13-34(28-16-15-27(22-25(3)4)32(37)23-28)42-29-19-17-26(18-20-29)36(40)31-24-38(21-10-14-35(39)41-6-2)33-12-9-8-11-30(31)33/h8-9,11-12,15-20,23-25,34H,5-7,10,13-14,21-22H2,1-4H3/t34-/m0/s1. The van der Waals surface area contributed by atoms with Crippen molar-refractivity contribution in [1.29, 1.82) is 0 Å². The lowest BCUT2D eigenvalue weighted by Crippen LogP contribution is -2.09. The van der Waals surface area contributed by atoms with Gasteiger partial charge in [0, 0.05) is 41.2 Å². The number of ketones is 1. The summed E-state index contributed by atoms with van der Waals surface area (Å²) in [5.74, 6) is 0.546. The number of hydrogen-bond donors (Lipinski definition) is 0. The number of benzene rings is 3. The van der Waals surface area contributed by atoms with E-state index in [1.807, 2.05) is 59.3 Å². The topological polar surface area (TPSA) is 57.5 Å². The van der Waals surface area contributed by atoms with Gasteiger partial charge in [-0.3, -0.25) is 9.59 Å². The van der Waals surface area contributed by atoms with E-state index in [2.05, 4.69) is 20.8 Å². The predicted molar refractivity (Wildman–Crippen MR) is 166 cm³/mol. The van der Waals surface area contributed by atoms with Gasteiger partial charge in [-0.2, -0.15) is 0 Å². The molecule has 1 heterocycles. The summed E-state index contributed by atoms with van der Waals surface area (Å²) in [5, 5.41) is 0.876. The molecule has 0 fully saturated rings. The smallest absolute Gasteiger partial charge is 0.305 e. The third kappa shape index (κ3) is 7.87. The van der Waals surface area contributed by atoms with Crippen LogP contribution in [0.5, 0.6) is 5.75 Å². The predicted octanol–water partition coefficient (Wildman–Crippen LogP) is 8.86. The Kier molecular flexibility index (Phi) is 10.9. The molecule has 0 unspecified atom stereocenters. The van der Waals surface area contributed by atoms with Crippen molar-refractivity contribution in [2.45, 2.75) is 78.9 Å². The summed E-state index contributed by atoms with van der Waals surface area (Å²) in [7, 11) is 0. The number of para-hydroxylation sites is 1. The number of carbonyl (C=O) groups excluding carboxylic acids is 2. The highest BCUT2D eigenvalue weighted by Crippen LogP contribution is 2.30. The van der Waals surface area contributed by atoms with Gasteiger partial charge in [0.15, 0.2) is 5.78 Å². The molecule has 0 amide bonds. The zero-order valence-corrected chi connectivity index (χ0v) is 25.2. The number of unbranched alkanes of at least 4 members (excludes halogenated alkanes) is 1. The van der Waals surface area contributed by atoms with Gasteiger partial charge in [-0.15, -0.1) is 0 Å². The van der Waals surface area contributed by atoms with Crippen LogP contribution in [0, 0.1) is 11.7 Å². The van der Waals surface area contributed by atoms with E-state index in [1.54, 1.807) is 25.1 Å². The maximum Gasteiger partial charge on any atom is 0.305 e. The highest BCUT2D eigenvalue weighted by molar-refractivity contribution is 6.16. The Hall–Kier alpha value is -3.93. The monoisotopic (exact) mass is 571 g/mol. The van der Waals surface area contributed by atoms with E-state index in [1.165, 1.54) is 0 Å². The van der Waals surface area contributed by atoms with Crippen LogP contribution in [0.1, 0.15) is 93.0 Å². The summed E-state index contributed by atoms with van der Waals surface area (Å²) in [5.41, 5.74) is 3.69. The second-order valence-electron chi connectivity index (χ2n) is 11.2. The third-order valence-electron chi connectivity index (χ3n) is 7.41. The van der Waals surface area contributed by atoms with Gasteiger partial charge in [0.1, 0.15) is 17.7 Å². The second-order valence-corrected chi connectivity index (χ2v) is 11.2. The molecule has 0 N–H and O–H groups in total. The van der Waals surface area contributed by atoms with E-state index in [-0.39, 0.29) is 23.7 Å². The largest absolute Gasteiger partial charge is 0.486 e. The molecule has 0 spiro atoms. The van der Waals surface area contributed by atoms with E-state index in [9.17, 15) is 14.0 Å². The van der Waals surface area contributed by atoms with Crippen LogP contribution >= 0.6 is 0 Å². The van der Waals surface area contributed by atoms with Gasteiger partial charge >= 0.3 is 5.97 Å². The fourth-order valence-corrected chi connectivity index (χ4v) is 5.30. The van der Waals surface area contributed by atoms with Gasteiger partial charge in [0.25, 0.3) is 0 Å². The van der Waals surface area contributed by atoms with Gasteiger partial charge in [-0.05, 0) is 86.1 Å². The van der Waals surface area contributed by atoms with Crippen LogP contribution < -0.4 is 4.74 Å². The van der Waals surface area contributed by atoms with Crippen LogP contribution in [0.15, 0.2) is 72.9 Å². The minimum Gasteiger partial charge on any atom is -0.486 e. The highest BCUT2D eigenvalue weighted by Gasteiger charge is 2.19. The molecule has 0 aliphatic carbocycles. The fraction of sp³-hybridized carbons (Fsp3) is 0.389. The molecular weight excluding hydrogens is 529 g/mol. The summed E-state index contributed by atoms with van der Waals surface area (Å²) in [6.45, 7) is 9.07. The summed E-state index contributed by atoms with van der Waals surface area (Å²) < 4.78 is 28.3. The van der Waals surface area contributed by atoms with Crippen LogP contribution in [-0.4, -0.2) is 22.9 Å². The Morgan fingerprint density at radius 1 is 0.952 bits per heavy atom. The summed E-state index contributed by atoms with van der Waals surface area (Å²) in [6, 6.07) is 20.5. The van der Waals surface area contributed by atoms with Gasteiger partial charge in [-0.25, -0.2) is 4.39 Å². The number of aryl methyl sites for hydroxylation is 1. The minimum absolute atomic E-state index is 0.0766. The number of esters is 1. The fourth-order valence-electron chi connectivity index (χ4n) is 5.30. The lowest BCUT2D eigenvalue weighted by atomic mass is 9.97. The Bertz CT molecular complexity index is 1490. The molecule has 0 saturated carbocycles. The molecule has 0 aliphatic heterocycles. The molecule has 4 rings (SSSR count). The number of halogens is 1. The number of aromatic nitrogens is 1. The molecule has 42 heavy (non-hydrogen) atoms. The average molecular weight is 572 g/mol. The van der Waals surface area contributed by atoms with Gasteiger partial charge in [-0.1, -0.05) is 57.5 Å². The van der Waals surface area contributed by atoms with Crippen molar-refractivity contribution in [2.24, 2.45) is 5.92 Å². The van der Waals surface area contributed by atoms with Crippen molar-refractivity contribution in [2.75, 3.05) is 6.61 Å². The number of hydrogen-bond acceptors (Lipinski definition) is 4. The van der Waals surface area contributed by atoms with Crippen molar-refractivity contribution in [1.82, 2.24) is 4.57 Å². The Morgan fingerprint density at radius 2 is 1.71 bits per heavy atom. The number of fused-ring (bicyclic) bond motifs is 1. The summed E-state index contributed by atoms with van der Waals surface area (Å²) >= 11 is 0. The van der Waals surface area contributed by atoms with E-state index in [4.69, 9.17) is 9.47 Å². The first-order chi connectivity index (χ1) is 20.3. The molecule has 6 heteroatoms. The summed E-state index contributed by atoms with van der Waals surface area (Å²) in [4.78, 5) is 25.4. The third-order valence-corrected chi connectivity index (χ3v) is 7.41. The van der Waals surface area contributed by atoms with Crippen LogP contribution in [0.25, 0.3) is 10.9 Å². The van der Waals surface area contributed by atoms with E-state index >= 15 is 0 Å². The zero-order valence-electron chi connectivity index (χ0n) is 25.2. The Morgan fingerprint density at radius 3 is 2.40 bits per heavy atom. The van der Waals surface area contributed by atoms with Gasteiger partial charge in [0.05, 0.1) is 6.61 Å². The van der Waals surface area contributed by atoms with E-state index < -0.39 is 0 Å². The molecule has 0 bridgehead atoms. The van der Waals surface area contributed by atoms with E-state index in [0.29, 0.717) is 55.2 Å². The van der Waals surface area contributed by atoms with Crippen molar-refractivity contribution >= 4 is 22.7 Å². The second kappa shape index (κ2) is 14.8. The molecule has 4 aromatic rings. The average Bonchev–Trinajstić information content (AvgIpc) is 3.35. The lowest BCUT2D eigenvalue weighted by molar-refractivity contribution is -0.143. The van der Waals surface area contributed by atoms with Crippen molar-refractivity contribution in [3.63, 3.8) is 0 Å². The molecule has 1 atom stereocenters. The quantitative estimate of drug-likeness (QED) is 0.106. The first kappa shape index (κ1) is 31.0. The zero-order chi connectivity index (χ0) is 30.1. The molecule has 3 aromatic carbocycles. The van der Waals surface area contributed by atoms with Crippen LogP contribution in [-0.2, 0) is 22.5 Å². The van der Waals surface area contributed by atoms with E-state index in [0.717, 1.165) is 41.3 Å². The van der Waals surface area contributed by atoms with Crippen LogP contribution in [0.3, 0.4) is 0 Å². The SMILES string of the molecule is CCCC[C@H](Oc1ccc(C(=O)c2cn(CCCC(=O)OCC)c3ccccc23)cc1)c1ccc(CC(C)C)c(F)c1. The number of nitrogens with zero attached hydrogens (tertiary/aromatic N) is 1. The maximum atomic E-state index is 14.9. The first-order valence-electron chi connectivity index (χ1n) is 15.1. The highest BCUT2D eigenvalue weighted by atomic mass is 19.1. The number of ether oxygens (including phenoxy) is 2. The molecule has 222 valence electrons. The van der Waals surface area contributed by atoms with Crippen LogP contribution in [0.2, 0.25) is 0 Å². The molecular formula is C36H42FNO4. The summed E-state index contributed by atoms with van der Waals surface area (Å²) in [6.07, 6.45) is 6.00. The Labute approximate surface area is 248 Å². The maximum absolute atomic E-state index is 14.9. The number of rotatable bonds is 15. The van der Waals surface area contributed by atoms with Gasteiger partial charge < -0.3 is 14.0 Å². The molecule has 1 aromatic heterocycles. The normalized spacial score (nSPS) is 12.0. The van der Waals surface area contributed by atoms with Crippen molar-refractivity contribution in [3.05, 3.63) is 101 Å². The molecule has 5 nitrogen and oxygen atoms in total. The lowest BCUT2D eigenvalue weighted by Gasteiger charge is -2.20. The molecule has 0 radical (unpaired) electrons. The van der Waals surface area contributed by atoms with Crippen molar-refractivity contribution in [3.8, 4) is 5.75 Å². The molecule has 0 aliphatic rings. The minimum atomic E-state index is -0.276. The molecule has 0 saturated heterocycles. The Balaban J connectivity index is 1.50. The van der Waals surface area contributed by atoms with Crippen LogP contribution in [0.4, 0.5) is 4.39 Å². The first-order valence-corrected chi connectivity index (χ1v) is 15.1. The number of carbonyl (C=O) groups is 2.